The number of rotatable bonds is 4. The summed E-state index contributed by atoms with van der Waals surface area (Å²) in [7, 11) is 2.71. The Morgan fingerprint density at radius 1 is 1.07 bits per heavy atom. The Balaban J connectivity index is 2.42. The molecule has 0 spiro atoms. The second-order valence-electron chi connectivity index (χ2n) is 3.62. The summed E-state index contributed by atoms with van der Waals surface area (Å²) in [5, 5.41) is 0. The van der Waals surface area contributed by atoms with Crippen LogP contribution in [-0.2, 0) is 23.8 Å². The van der Waals surface area contributed by atoms with Gasteiger partial charge in [-0.15, -0.1) is 0 Å². The van der Waals surface area contributed by atoms with Crippen LogP contribution in [0.3, 0.4) is 0 Å². The maximum atomic E-state index is 11.1. The van der Waals surface area contributed by atoms with Crippen molar-refractivity contribution in [2.75, 3.05) is 27.4 Å². The molecule has 1 rings (SSSR count). The molecule has 0 aromatic rings. The minimum absolute atomic E-state index is 0.0662. The van der Waals surface area contributed by atoms with Crippen molar-refractivity contribution >= 4 is 11.9 Å². The molecule has 0 N–H and O–H groups in total. The Kier molecular flexibility index (Phi) is 4.55. The fraction of sp³-hybridized carbons (Fsp3) is 0.800. The smallest absolute Gasteiger partial charge is 0.305 e. The van der Waals surface area contributed by atoms with Crippen LogP contribution in [0.4, 0.5) is 0 Å². The Morgan fingerprint density at radius 2 is 1.47 bits per heavy atom. The zero-order valence-corrected chi connectivity index (χ0v) is 9.02. The first-order chi connectivity index (χ1) is 7.17. The molecule has 0 radical (unpaired) electrons. The molecule has 2 unspecified atom stereocenters. The molecule has 0 bridgehead atoms. The highest BCUT2D eigenvalue weighted by Gasteiger charge is 2.32. The van der Waals surface area contributed by atoms with Crippen molar-refractivity contribution in [2.24, 2.45) is 11.8 Å². The largest absolute Gasteiger partial charge is 0.469 e. The normalized spacial score (nSPS) is 24.9. The molecule has 2 atom stereocenters. The molecule has 0 amide bonds. The predicted molar refractivity (Wildman–Crippen MR) is 51.1 cm³/mol. The number of hydrogen-bond acceptors (Lipinski definition) is 5. The van der Waals surface area contributed by atoms with Crippen LogP contribution in [0.1, 0.15) is 12.8 Å². The third-order valence-corrected chi connectivity index (χ3v) is 2.64. The molecule has 0 saturated carbocycles. The van der Waals surface area contributed by atoms with Crippen LogP contribution in [0.5, 0.6) is 0 Å². The van der Waals surface area contributed by atoms with Crippen LogP contribution in [0.25, 0.3) is 0 Å². The molecule has 15 heavy (non-hydrogen) atoms. The highest BCUT2D eigenvalue weighted by molar-refractivity contribution is 5.71. The lowest BCUT2D eigenvalue weighted by Gasteiger charge is -2.14. The zero-order chi connectivity index (χ0) is 11.3. The van der Waals surface area contributed by atoms with E-state index < -0.39 is 0 Å². The van der Waals surface area contributed by atoms with E-state index in [0.29, 0.717) is 26.1 Å². The van der Waals surface area contributed by atoms with Gasteiger partial charge >= 0.3 is 11.9 Å². The molecule has 86 valence electrons. The Bertz CT molecular complexity index is 214. The van der Waals surface area contributed by atoms with E-state index in [-0.39, 0.29) is 23.8 Å². The molecular formula is C10H16O5. The highest BCUT2D eigenvalue weighted by Crippen LogP contribution is 2.27. The van der Waals surface area contributed by atoms with Crippen LogP contribution in [-0.4, -0.2) is 39.4 Å². The van der Waals surface area contributed by atoms with Gasteiger partial charge in [-0.05, 0) is 11.8 Å². The fourth-order valence-electron chi connectivity index (χ4n) is 1.69. The van der Waals surface area contributed by atoms with Crippen molar-refractivity contribution in [3.05, 3.63) is 0 Å². The summed E-state index contributed by atoms with van der Waals surface area (Å²) in [5.41, 5.74) is 0. The summed E-state index contributed by atoms with van der Waals surface area (Å²) >= 11 is 0. The van der Waals surface area contributed by atoms with Gasteiger partial charge in [-0.3, -0.25) is 9.59 Å². The number of hydrogen-bond donors (Lipinski definition) is 0. The average molecular weight is 216 g/mol. The van der Waals surface area contributed by atoms with Gasteiger partial charge in [-0.25, -0.2) is 0 Å². The van der Waals surface area contributed by atoms with Gasteiger partial charge in [0.2, 0.25) is 0 Å². The van der Waals surface area contributed by atoms with E-state index in [1.165, 1.54) is 14.2 Å². The standard InChI is InChI=1S/C10H16O5/c1-13-9(11)3-7-5-15-6-8(7)4-10(12)14-2/h7-8H,3-6H2,1-2H3. The van der Waals surface area contributed by atoms with Crippen molar-refractivity contribution < 1.29 is 23.8 Å². The summed E-state index contributed by atoms with van der Waals surface area (Å²) in [5.74, 6) is -0.395. The Hall–Kier alpha value is -1.10. The van der Waals surface area contributed by atoms with E-state index in [2.05, 4.69) is 9.47 Å². The van der Waals surface area contributed by atoms with Gasteiger partial charge < -0.3 is 14.2 Å². The van der Waals surface area contributed by atoms with Gasteiger partial charge in [0.25, 0.3) is 0 Å². The van der Waals surface area contributed by atoms with E-state index in [0.717, 1.165) is 0 Å². The van der Waals surface area contributed by atoms with E-state index in [1.54, 1.807) is 0 Å². The van der Waals surface area contributed by atoms with Gasteiger partial charge in [0.05, 0.1) is 40.3 Å². The minimum atomic E-state index is -0.264. The second kappa shape index (κ2) is 5.70. The third kappa shape index (κ3) is 3.51. The summed E-state index contributed by atoms with van der Waals surface area (Å²) in [4.78, 5) is 22.1. The van der Waals surface area contributed by atoms with E-state index in [9.17, 15) is 9.59 Å². The molecule has 0 aromatic carbocycles. The molecule has 1 aliphatic heterocycles. The first kappa shape index (κ1) is 12.0. The maximum absolute atomic E-state index is 11.1. The molecule has 5 nitrogen and oxygen atoms in total. The number of ether oxygens (including phenoxy) is 3. The van der Waals surface area contributed by atoms with E-state index in [1.807, 2.05) is 0 Å². The zero-order valence-electron chi connectivity index (χ0n) is 9.02. The summed E-state index contributed by atoms with van der Waals surface area (Å²) in [6.45, 7) is 1.02. The van der Waals surface area contributed by atoms with Crippen molar-refractivity contribution in [1.29, 1.82) is 0 Å². The number of methoxy groups -OCH3 is 2. The molecular weight excluding hydrogens is 200 g/mol. The molecule has 0 aromatic heterocycles. The first-order valence-electron chi connectivity index (χ1n) is 4.88. The Labute approximate surface area is 88.7 Å². The summed E-state index contributed by atoms with van der Waals surface area (Å²) < 4.78 is 14.4. The quantitative estimate of drug-likeness (QED) is 0.635. The molecule has 1 fully saturated rings. The van der Waals surface area contributed by atoms with Crippen LogP contribution in [0, 0.1) is 11.8 Å². The van der Waals surface area contributed by atoms with Gasteiger partial charge in [0.15, 0.2) is 0 Å². The van der Waals surface area contributed by atoms with Crippen molar-refractivity contribution in [3.63, 3.8) is 0 Å². The van der Waals surface area contributed by atoms with Gasteiger partial charge in [-0.1, -0.05) is 0 Å². The van der Waals surface area contributed by atoms with Gasteiger partial charge in [0, 0.05) is 0 Å². The topological polar surface area (TPSA) is 61.8 Å². The number of esters is 2. The molecule has 1 aliphatic rings. The average Bonchev–Trinajstić information content (AvgIpc) is 2.65. The third-order valence-electron chi connectivity index (χ3n) is 2.64. The van der Waals surface area contributed by atoms with Crippen molar-refractivity contribution in [2.45, 2.75) is 12.8 Å². The fourth-order valence-corrected chi connectivity index (χ4v) is 1.69. The lowest BCUT2D eigenvalue weighted by Crippen LogP contribution is -2.20. The number of carbonyl (C=O) groups excluding carboxylic acids is 2. The van der Waals surface area contributed by atoms with Crippen LogP contribution in [0.2, 0.25) is 0 Å². The number of carbonyl (C=O) groups is 2. The lowest BCUT2D eigenvalue weighted by atomic mass is 9.90. The highest BCUT2D eigenvalue weighted by atomic mass is 16.5. The van der Waals surface area contributed by atoms with Crippen LogP contribution < -0.4 is 0 Å². The molecule has 1 heterocycles. The predicted octanol–water partition coefficient (Wildman–Crippen LogP) is 0.375. The van der Waals surface area contributed by atoms with Crippen molar-refractivity contribution in [1.82, 2.24) is 0 Å². The maximum Gasteiger partial charge on any atom is 0.305 e. The SMILES string of the molecule is COC(=O)CC1COCC1CC(=O)OC. The van der Waals surface area contributed by atoms with Crippen LogP contribution >= 0.6 is 0 Å². The van der Waals surface area contributed by atoms with Crippen molar-refractivity contribution in [3.8, 4) is 0 Å². The van der Waals surface area contributed by atoms with E-state index >= 15 is 0 Å². The molecule has 0 aliphatic carbocycles. The molecule has 1 saturated heterocycles. The molecule has 5 heteroatoms. The first-order valence-corrected chi connectivity index (χ1v) is 4.88. The monoisotopic (exact) mass is 216 g/mol. The van der Waals surface area contributed by atoms with Crippen LogP contribution in [0.15, 0.2) is 0 Å². The summed E-state index contributed by atoms with van der Waals surface area (Å²) in [6, 6.07) is 0. The second-order valence-corrected chi connectivity index (χ2v) is 3.62. The summed E-state index contributed by atoms with van der Waals surface area (Å²) in [6.07, 6.45) is 0.607. The van der Waals surface area contributed by atoms with Gasteiger partial charge in [0.1, 0.15) is 0 Å². The Morgan fingerprint density at radius 3 is 1.80 bits per heavy atom. The lowest BCUT2D eigenvalue weighted by molar-refractivity contribution is -0.144. The van der Waals surface area contributed by atoms with E-state index in [4.69, 9.17) is 4.74 Å². The van der Waals surface area contributed by atoms with Gasteiger partial charge in [-0.2, -0.15) is 0 Å². The minimum Gasteiger partial charge on any atom is -0.469 e.